The third kappa shape index (κ3) is 3.19. The van der Waals surface area contributed by atoms with Crippen molar-refractivity contribution >= 4 is 11.7 Å². The number of nitrogens with two attached hydrogens (primary N) is 1. The second-order valence-corrected chi connectivity index (χ2v) is 3.70. The molecule has 1 heterocycles. The fourth-order valence-electron chi connectivity index (χ4n) is 1.47. The van der Waals surface area contributed by atoms with E-state index in [1.807, 2.05) is 0 Å². The van der Waals surface area contributed by atoms with Gasteiger partial charge in [-0.2, -0.15) is 0 Å². The van der Waals surface area contributed by atoms with Crippen molar-refractivity contribution in [3.8, 4) is 5.75 Å². The molecule has 2 N–H and O–H groups in total. The number of rotatable bonds is 4. The summed E-state index contributed by atoms with van der Waals surface area (Å²) in [5.74, 6) is 0.587. The van der Waals surface area contributed by atoms with E-state index < -0.39 is 5.97 Å². The highest BCUT2D eigenvalue weighted by atomic mass is 16.5. The highest BCUT2D eigenvalue weighted by Crippen LogP contribution is 2.23. The summed E-state index contributed by atoms with van der Waals surface area (Å²) in [6.07, 6.45) is 3.27. The lowest BCUT2D eigenvalue weighted by Gasteiger charge is -2.09. The van der Waals surface area contributed by atoms with E-state index in [0.717, 1.165) is 0 Å². The standard InChI is InChI=1S/C13H13N3O3/c1-18-13(17)9-3-4-11(10(14)7-9)19-8-12-15-5-2-6-16-12/h2-7H,8,14H2,1H3. The van der Waals surface area contributed by atoms with Gasteiger partial charge in [0.05, 0.1) is 18.4 Å². The van der Waals surface area contributed by atoms with Crippen LogP contribution < -0.4 is 10.5 Å². The zero-order valence-electron chi connectivity index (χ0n) is 10.4. The van der Waals surface area contributed by atoms with E-state index in [-0.39, 0.29) is 6.61 Å². The number of nitrogens with zero attached hydrogens (tertiary/aromatic N) is 2. The molecule has 0 saturated heterocycles. The molecule has 0 fully saturated rings. The monoisotopic (exact) mass is 259 g/mol. The average Bonchev–Trinajstić information content (AvgIpc) is 2.46. The molecule has 0 bridgehead atoms. The topological polar surface area (TPSA) is 87.3 Å². The Morgan fingerprint density at radius 2 is 2.05 bits per heavy atom. The number of aromatic nitrogens is 2. The Morgan fingerprint density at radius 1 is 1.32 bits per heavy atom. The maximum atomic E-state index is 11.3. The molecule has 2 aromatic rings. The van der Waals surface area contributed by atoms with Crippen LogP contribution in [0.2, 0.25) is 0 Å². The van der Waals surface area contributed by atoms with E-state index >= 15 is 0 Å². The normalized spacial score (nSPS) is 9.95. The fraction of sp³-hybridized carbons (Fsp3) is 0.154. The Bertz CT molecular complexity index is 573. The van der Waals surface area contributed by atoms with Gasteiger partial charge in [-0.15, -0.1) is 0 Å². The highest BCUT2D eigenvalue weighted by molar-refractivity contribution is 5.90. The predicted octanol–water partition coefficient (Wildman–Crippen LogP) is 1.42. The summed E-state index contributed by atoms with van der Waals surface area (Å²) < 4.78 is 10.1. The van der Waals surface area contributed by atoms with E-state index in [4.69, 9.17) is 10.5 Å². The number of anilines is 1. The van der Waals surface area contributed by atoms with Gasteiger partial charge in [-0.25, -0.2) is 14.8 Å². The van der Waals surface area contributed by atoms with Gasteiger partial charge in [-0.05, 0) is 24.3 Å². The van der Waals surface area contributed by atoms with Gasteiger partial charge < -0.3 is 15.2 Å². The molecule has 1 aromatic carbocycles. The predicted molar refractivity (Wildman–Crippen MR) is 68.6 cm³/mol. The first kappa shape index (κ1) is 12.8. The molecule has 6 nitrogen and oxygen atoms in total. The third-order valence-corrected chi connectivity index (χ3v) is 2.41. The smallest absolute Gasteiger partial charge is 0.337 e. The second kappa shape index (κ2) is 5.81. The van der Waals surface area contributed by atoms with Crippen LogP contribution in [0.4, 0.5) is 5.69 Å². The second-order valence-electron chi connectivity index (χ2n) is 3.70. The van der Waals surface area contributed by atoms with Crippen molar-refractivity contribution in [2.45, 2.75) is 6.61 Å². The minimum Gasteiger partial charge on any atom is -0.483 e. The number of nitrogen functional groups attached to an aromatic ring is 1. The van der Waals surface area contributed by atoms with Gasteiger partial charge >= 0.3 is 5.97 Å². The molecule has 0 radical (unpaired) electrons. The van der Waals surface area contributed by atoms with E-state index in [1.54, 1.807) is 30.6 Å². The molecule has 2 rings (SSSR count). The molecule has 6 heteroatoms. The summed E-state index contributed by atoms with van der Waals surface area (Å²) >= 11 is 0. The lowest BCUT2D eigenvalue weighted by Crippen LogP contribution is -2.05. The van der Waals surface area contributed by atoms with E-state index in [2.05, 4.69) is 14.7 Å². The van der Waals surface area contributed by atoms with Gasteiger partial charge in [0.25, 0.3) is 0 Å². The molecule has 0 aliphatic rings. The van der Waals surface area contributed by atoms with Crippen molar-refractivity contribution in [3.63, 3.8) is 0 Å². The number of esters is 1. The Hall–Kier alpha value is -2.63. The lowest BCUT2D eigenvalue weighted by atomic mass is 10.2. The number of carbonyl (C=O) groups is 1. The molecule has 0 unspecified atom stereocenters. The molecule has 0 aliphatic heterocycles. The van der Waals surface area contributed by atoms with E-state index in [9.17, 15) is 4.79 Å². The van der Waals surface area contributed by atoms with Gasteiger partial charge in [0, 0.05) is 12.4 Å². The van der Waals surface area contributed by atoms with Crippen LogP contribution in [0.3, 0.4) is 0 Å². The minimum absolute atomic E-state index is 0.211. The minimum atomic E-state index is -0.440. The number of methoxy groups -OCH3 is 1. The van der Waals surface area contributed by atoms with Crippen molar-refractivity contribution in [1.82, 2.24) is 9.97 Å². The van der Waals surface area contributed by atoms with Crippen LogP contribution in [0.15, 0.2) is 36.7 Å². The largest absolute Gasteiger partial charge is 0.483 e. The van der Waals surface area contributed by atoms with Gasteiger partial charge in [-0.1, -0.05) is 0 Å². The lowest BCUT2D eigenvalue weighted by molar-refractivity contribution is 0.0600. The van der Waals surface area contributed by atoms with E-state index in [0.29, 0.717) is 22.8 Å². The highest BCUT2D eigenvalue weighted by Gasteiger charge is 2.09. The molecule has 0 saturated carbocycles. The molecule has 1 aromatic heterocycles. The number of benzene rings is 1. The zero-order chi connectivity index (χ0) is 13.7. The Labute approximate surface area is 110 Å². The molecular weight excluding hydrogens is 246 g/mol. The van der Waals surface area contributed by atoms with Gasteiger partial charge in [0.15, 0.2) is 5.82 Å². The summed E-state index contributed by atoms with van der Waals surface area (Å²) in [6.45, 7) is 0.211. The number of carbonyl (C=O) groups excluding carboxylic acids is 1. The van der Waals surface area contributed by atoms with E-state index in [1.165, 1.54) is 13.2 Å². The summed E-state index contributed by atoms with van der Waals surface area (Å²) in [6, 6.07) is 6.43. The van der Waals surface area contributed by atoms with Crippen molar-refractivity contribution in [3.05, 3.63) is 48.0 Å². The van der Waals surface area contributed by atoms with Crippen LogP contribution >= 0.6 is 0 Å². The average molecular weight is 259 g/mol. The molecule has 0 atom stereocenters. The summed E-state index contributed by atoms with van der Waals surface area (Å²) in [4.78, 5) is 19.4. The summed E-state index contributed by atoms with van der Waals surface area (Å²) in [5.41, 5.74) is 6.54. The first-order valence-electron chi connectivity index (χ1n) is 5.57. The quantitative estimate of drug-likeness (QED) is 0.660. The van der Waals surface area contributed by atoms with Crippen molar-refractivity contribution in [1.29, 1.82) is 0 Å². The molecular formula is C13H13N3O3. The maximum Gasteiger partial charge on any atom is 0.337 e. The van der Waals surface area contributed by atoms with Crippen molar-refractivity contribution in [2.24, 2.45) is 0 Å². The molecule has 0 spiro atoms. The Morgan fingerprint density at radius 3 is 2.68 bits per heavy atom. The van der Waals surface area contributed by atoms with Crippen LogP contribution in [-0.4, -0.2) is 23.0 Å². The van der Waals surface area contributed by atoms with Crippen molar-refractivity contribution in [2.75, 3.05) is 12.8 Å². The van der Waals surface area contributed by atoms with Gasteiger partial charge in [0.2, 0.25) is 0 Å². The molecule has 98 valence electrons. The first-order chi connectivity index (χ1) is 9.20. The maximum absolute atomic E-state index is 11.3. The van der Waals surface area contributed by atoms with Gasteiger partial charge in [0.1, 0.15) is 12.4 Å². The third-order valence-electron chi connectivity index (χ3n) is 2.41. The van der Waals surface area contributed by atoms with Crippen LogP contribution in [0.25, 0.3) is 0 Å². The molecule has 0 aliphatic carbocycles. The number of hydrogen-bond acceptors (Lipinski definition) is 6. The fourth-order valence-corrected chi connectivity index (χ4v) is 1.47. The number of hydrogen-bond donors (Lipinski definition) is 1. The summed E-state index contributed by atoms with van der Waals surface area (Å²) in [5, 5.41) is 0. The van der Waals surface area contributed by atoms with Crippen molar-refractivity contribution < 1.29 is 14.3 Å². The SMILES string of the molecule is COC(=O)c1ccc(OCc2ncccn2)c(N)c1. The Kier molecular flexibility index (Phi) is 3.92. The van der Waals surface area contributed by atoms with Crippen LogP contribution in [-0.2, 0) is 11.3 Å². The first-order valence-corrected chi connectivity index (χ1v) is 5.57. The zero-order valence-corrected chi connectivity index (χ0v) is 10.4. The molecule has 19 heavy (non-hydrogen) atoms. The van der Waals surface area contributed by atoms with Crippen LogP contribution in [0, 0.1) is 0 Å². The van der Waals surface area contributed by atoms with Crippen LogP contribution in [0.5, 0.6) is 5.75 Å². The number of ether oxygens (including phenoxy) is 2. The Balaban J connectivity index is 2.07. The van der Waals surface area contributed by atoms with Crippen LogP contribution in [0.1, 0.15) is 16.2 Å². The summed E-state index contributed by atoms with van der Waals surface area (Å²) in [7, 11) is 1.32. The van der Waals surface area contributed by atoms with Gasteiger partial charge in [-0.3, -0.25) is 0 Å². The molecule has 0 amide bonds.